The summed E-state index contributed by atoms with van der Waals surface area (Å²) >= 11 is 0. The van der Waals surface area contributed by atoms with Crippen LogP contribution in [0.1, 0.15) is 72.2 Å². The van der Waals surface area contributed by atoms with Gasteiger partial charge in [0.15, 0.2) is 0 Å². The van der Waals surface area contributed by atoms with Gasteiger partial charge >= 0.3 is 6.18 Å². The number of hydrogen-bond donors (Lipinski definition) is 0. The Labute approximate surface area is 338 Å². The van der Waals surface area contributed by atoms with E-state index in [-0.39, 0.29) is 10.8 Å². The van der Waals surface area contributed by atoms with Crippen molar-refractivity contribution in [3.63, 3.8) is 0 Å². The highest BCUT2D eigenvalue weighted by Gasteiger charge is 2.43. The topological polar surface area (TPSA) is 6.48 Å². The Hall–Kier alpha value is -6.14. The summed E-state index contributed by atoms with van der Waals surface area (Å²) < 4.78 is 54.3. The third-order valence-electron chi connectivity index (χ3n) is 12.4. The molecule has 0 atom stereocenters. The molecule has 2 nitrogen and oxygen atoms in total. The van der Waals surface area contributed by atoms with Gasteiger partial charge in [-0.3, -0.25) is 0 Å². The molecule has 0 aliphatic heterocycles. The van der Waals surface area contributed by atoms with Crippen molar-refractivity contribution < 1.29 is 17.6 Å². The Morgan fingerprint density at radius 2 is 0.828 bits per heavy atom. The fourth-order valence-electron chi connectivity index (χ4n) is 9.42. The number of benzene rings is 7. The average Bonchev–Trinajstić information content (AvgIpc) is 3.57. The lowest BCUT2D eigenvalue weighted by atomic mass is 9.79. The van der Waals surface area contributed by atoms with Crippen molar-refractivity contribution >= 4 is 34.1 Å². The van der Waals surface area contributed by atoms with Gasteiger partial charge in [0, 0.05) is 45.0 Å². The first-order valence-corrected chi connectivity index (χ1v) is 19.7. The smallest absolute Gasteiger partial charge is 0.310 e. The molecule has 0 bridgehead atoms. The number of alkyl halides is 4. The van der Waals surface area contributed by atoms with E-state index in [0.29, 0.717) is 11.3 Å². The minimum atomic E-state index is -4.42. The van der Waals surface area contributed by atoms with Crippen LogP contribution in [0.25, 0.3) is 22.3 Å². The molecule has 0 heterocycles. The molecule has 290 valence electrons. The van der Waals surface area contributed by atoms with Gasteiger partial charge in [-0.05, 0) is 172 Å². The van der Waals surface area contributed by atoms with Crippen molar-refractivity contribution in [1.82, 2.24) is 0 Å². The second-order valence-electron chi connectivity index (χ2n) is 16.8. The number of para-hydroxylation sites is 2. The summed E-state index contributed by atoms with van der Waals surface area (Å²) in [7, 11) is 0. The van der Waals surface area contributed by atoms with Crippen LogP contribution < -0.4 is 9.80 Å². The number of rotatable bonds is 7. The molecule has 0 N–H and O–H groups in total. The van der Waals surface area contributed by atoms with Gasteiger partial charge in [-0.25, -0.2) is 4.39 Å². The van der Waals surface area contributed by atoms with Gasteiger partial charge < -0.3 is 9.80 Å². The quantitative estimate of drug-likeness (QED) is 0.149. The fourth-order valence-corrected chi connectivity index (χ4v) is 9.42. The van der Waals surface area contributed by atoms with Crippen molar-refractivity contribution in [3.05, 3.63) is 190 Å². The molecule has 0 spiro atoms. The highest BCUT2D eigenvalue weighted by atomic mass is 19.4. The minimum Gasteiger partial charge on any atom is -0.310 e. The van der Waals surface area contributed by atoms with Crippen LogP contribution in [0.5, 0.6) is 0 Å². The average molecular weight is 773 g/mol. The standard InChI is InChI=1S/C52H44F4N2/c1-32-25-40(57(36-13-9-7-10-14-36)38-21-17-34(31-53)18-22-38)27-46-48(32)42-29-45-43(30-44(42)50(46,3)4)49-33(2)26-41(28-47(49)51(45,5)6)58(37-15-11-8-12-16-37)39-23-19-35(20-24-39)52(54,55)56/h7-30H,31H2,1-6H3. The lowest BCUT2D eigenvalue weighted by Gasteiger charge is -2.29. The third kappa shape index (κ3) is 5.91. The highest BCUT2D eigenvalue weighted by molar-refractivity contribution is 5.94. The van der Waals surface area contributed by atoms with E-state index in [0.717, 1.165) is 46.1 Å². The van der Waals surface area contributed by atoms with Gasteiger partial charge in [0.2, 0.25) is 0 Å². The molecule has 0 radical (unpaired) electrons. The maximum Gasteiger partial charge on any atom is 0.416 e. The van der Waals surface area contributed by atoms with E-state index in [9.17, 15) is 17.6 Å². The Balaban J connectivity index is 1.16. The number of anilines is 6. The molecule has 0 aromatic heterocycles. The van der Waals surface area contributed by atoms with Crippen LogP contribution in [0.15, 0.2) is 146 Å². The largest absolute Gasteiger partial charge is 0.416 e. The van der Waals surface area contributed by atoms with Crippen LogP contribution in [0, 0.1) is 13.8 Å². The molecule has 0 saturated heterocycles. The number of hydrogen-bond acceptors (Lipinski definition) is 2. The van der Waals surface area contributed by atoms with Crippen molar-refractivity contribution in [2.24, 2.45) is 0 Å². The maximum atomic E-state index is 13.6. The first kappa shape index (κ1) is 37.4. The summed E-state index contributed by atoms with van der Waals surface area (Å²) in [6.45, 7) is 13.0. The molecule has 0 fully saturated rings. The molecule has 58 heavy (non-hydrogen) atoms. The van der Waals surface area contributed by atoms with Crippen molar-refractivity contribution in [2.45, 2.75) is 65.2 Å². The van der Waals surface area contributed by atoms with Gasteiger partial charge in [-0.2, -0.15) is 13.2 Å². The Bertz CT molecular complexity index is 2700. The van der Waals surface area contributed by atoms with Crippen molar-refractivity contribution in [1.29, 1.82) is 0 Å². The van der Waals surface area contributed by atoms with E-state index in [1.165, 1.54) is 50.1 Å². The first-order valence-electron chi connectivity index (χ1n) is 19.7. The molecule has 2 aliphatic carbocycles. The SMILES string of the molecule is Cc1cc(N(c2ccccc2)c2ccc(CF)cc2)cc2c1-c1cc3c(cc1C2(C)C)-c1c(C)cc(N(c2ccccc2)c2ccc(C(F)(F)F)cc2)cc1C3(C)C. The van der Waals surface area contributed by atoms with Crippen LogP contribution in [-0.4, -0.2) is 0 Å². The van der Waals surface area contributed by atoms with Crippen LogP contribution in [0.2, 0.25) is 0 Å². The van der Waals surface area contributed by atoms with Crippen LogP contribution in [0.4, 0.5) is 51.7 Å². The lowest BCUT2D eigenvalue weighted by Crippen LogP contribution is -2.18. The maximum absolute atomic E-state index is 13.6. The summed E-state index contributed by atoms with van der Waals surface area (Å²) in [6, 6.07) is 47.0. The Morgan fingerprint density at radius 3 is 1.21 bits per heavy atom. The third-order valence-corrected chi connectivity index (χ3v) is 12.4. The zero-order valence-electron chi connectivity index (χ0n) is 33.5. The predicted octanol–water partition coefficient (Wildman–Crippen LogP) is 15.3. The Kier molecular flexibility index (Phi) is 8.70. The summed E-state index contributed by atoms with van der Waals surface area (Å²) in [5.41, 5.74) is 17.0. The summed E-state index contributed by atoms with van der Waals surface area (Å²) in [6.07, 6.45) is -4.42. The molecular weight excluding hydrogens is 729 g/mol. The van der Waals surface area contributed by atoms with E-state index in [1.54, 1.807) is 12.1 Å². The van der Waals surface area contributed by atoms with E-state index in [4.69, 9.17) is 0 Å². The molecule has 2 aliphatic rings. The van der Waals surface area contributed by atoms with Gasteiger partial charge in [0.25, 0.3) is 0 Å². The second kappa shape index (κ2) is 13.5. The van der Waals surface area contributed by atoms with Crippen molar-refractivity contribution in [2.75, 3.05) is 9.80 Å². The van der Waals surface area contributed by atoms with E-state index in [1.807, 2.05) is 77.7 Å². The molecule has 7 aromatic rings. The molecular formula is C52H44F4N2. The van der Waals surface area contributed by atoms with Gasteiger partial charge in [-0.1, -0.05) is 76.2 Å². The fraction of sp³-hybridized carbons (Fsp3) is 0.192. The molecule has 0 saturated carbocycles. The van der Waals surface area contributed by atoms with Crippen LogP contribution in [-0.2, 0) is 23.7 Å². The van der Waals surface area contributed by atoms with E-state index in [2.05, 4.69) is 95.0 Å². The molecule has 6 heteroatoms. The van der Waals surface area contributed by atoms with E-state index < -0.39 is 18.4 Å². The van der Waals surface area contributed by atoms with Gasteiger partial charge in [0.05, 0.1) is 5.56 Å². The number of halogens is 4. The second-order valence-corrected chi connectivity index (χ2v) is 16.8. The molecule has 7 aromatic carbocycles. The zero-order valence-corrected chi connectivity index (χ0v) is 33.5. The lowest BCUT2D eigenvalue weighted by molar-refractivity contribution is -0.137. The monoisotopic (exact) mass is 772 g/mol. The number of aryl methyl sites for hydroxylation is 2. The van der Waals surface area contributed by atoms with Crippen molar-refractivity contribution in [3.8, 4) is 22.3 Å². The summed E-state index contributed by atoms with van der Waals surface area (Å²) in [5.74, 6) is 0. The van der Waals surface area contributed by atoms with Gasteiger partial charge in [-0.15, -0.1) is 0 Å². The molecule has 0 unspecified atom stereocenters. The van der Waals surface area contributed by atoms with Crippen LogP contribution in [0.3, 0.4) is 0 Å². The summed E-state index contributed by atoms with van der Waals surface area (Å²) in [4.78, 5) is 4.29. The zero-order chi connectivity index (χ0) is 40.7. The van der Waals surface area contributed by atoms with Gasteiger partial charge in [0.1, 0.15) is 6.67 Å². The summed E-state index contributed by atoms with van der Waals surface area (Å²) in [5, 5.41) is 0. The molecule has 0 amide bonds. The number of fused-ring (bicyclic) bond motifs is 6. The Morgan fingerprint density at radius 1 is 0.448 bits per heavy atom. The predicted molar refractivity (Wildman–Crippen MR) is 230 cm³/mol. The first-order chi connectivity index (χ1) is 27.7. The normalized spacial score (nSPS) is 14.4. The minimum absolute atomic E-state index is 0.311. The molecule has 9 rings (SSSR count). The highest BCUT2D eigenvalue weighted by Crippen LogP contribution is 2.59. The van der Waals surface area contributed by atoms with Crippen LogP contribution >= 0.6 is 0 Å². The number of nitrogens with zero attached hydrogens (tertiary/aromatic N) is 2. The van der Waals surface area contributed by atoms with E-state index >= 15 is 0 Å².